The quantitative estimate of drug-likeness (QED) is 0.591. The number of anilines is 1. The van der Waals surface area contributed by atoms with Gasteiger partial charge in [-0.25, -0.2) is 15.0 Å². The molecular formula is C19H23N5O2S. The third-order valence-corrected chi connectivity index (χ3v) is 5.99. The minimum atomic E-state index is 0.0476. The summed E-state index contributed by atoms with van der Waals surface area (Å²) >= 11 is 1.56. The van der Waals surface area contributed by atoms with Crippen LogP contribution < -0.4 is 9.64 Å². The van der Waals surface area contributed by atoms with Gasteiger partial charge in [0.2, 0.25) is 5.88 Å². The molecule has 2 aromatic heterocycles. The summed E-state index contributed by atoms with van der Waals surface area (Å²) in [7, 11) is 1.57. The van der Waals surface area contributed by atoms with E-state index < -0.39 is 0 Å². The lowest BCUT2D eigenvalue weighted by Crippen LogP contribution is -2.70. The number of pyridine rings is 1. The van der Waals surface area contributed by atoms with Crippen LogP contribution in [-0.2, 0) is 0 Å². The average Bonchev–Trinajstić information content (AvgIpc) is 2.69. The normalized spacial score (nSPS) is 21.0. The SMILES string of the molecule is COc1ccc(C(=O)N2C3CC2CN(c2nc(SC)nc(C)c2C)C3)cn1. The third-order valence-electron chi connectivity index (χ3n) is 5.45. The van der Waals surface area contributed by atoms with Crippen LogP contribution in [0, 0.1) is 13.8 Å². The molecule has 8 heteroatoms. The molecule has 0 saturated carbocycles. The van der Waals surface area contributed by atoms with E-state index in [9.17, 15) is 4.79 Å². The number of fused-ring (bicyclic) bond motifs is 2. The van der Waals surface area contributed by atoms with Gasteiger partial charge in [-0.2, -0.15) is 0 Å². The molecule has 142 valence electrons. The van der Waals surface area contributed by atoms with E-state index in [1.165, 1.54) is 0 Å². The summed E-state index contributed by atoms with van der Waals surface area (Å²) in [5.74, 6) is 1.56. The van der Waals surface area contributed by atoms with Crippen LogP contribution in [-0.4, -0.2) is 64.3 Å². The fourth-order valence-electron chi connectivity index (χ4n) is 3.88. The number of piperazine rings is 1. The van der Waals surface area contributed by atoms with Crippen LogP contribution in [0.4, 0.5) is 5.82 Å². The van der Waals surface area contributed by atoms with Gasteiger partial charge in [0, 0.05) is 36.6 Å². The van der Waals surface area contributed by atoms with Crippen molar-refractivity contribution in [3.05, 3.63) is 35.2 Å². The van der Waals surface area contributed by atoms with E-state index in [4.69, 9.17) is 9.72 Å². The molecule has 0 aliphatic carbocycles. The summed E-state index contributed by atoms with van der Waals surface area (Å²) in [6.45, 7) is 5.70. The third kappa shape index (κ3) is 3.12. The standard InChI is InChI=1S/C19H23N5O2S/c1-11-12(2)21-19(27-4)22-17(11)23-9-14-7-15(10-23)24(14)18(25)13-5-6-16(26-3)20-8-13/h5-6,8,14-15H,7,9-10H2,1-4H3. The summed E-state index contributed by atoms with van der Waals surface area (Å²) in [4.78, 5) is 30.6. The van der Waals surface area contributed by atoms with E-state index in [1.54, 1.807) is 37.2 Å². The molecule has 3 saturated heterocycles. The van der Waals surface area contributed by atoms with Gasteiger partial charge in [0.25, 0.3) is 5.91 Å². The Labute approximate surface area is 163 Å². The number of nitrogens with zero attached hydrogens (tertiary/aromatic N) is 5. The van der Waals surface area contributed by atoms with Gasteiger partial charge in [-0.1, -0.05) is 11.8 Å². The lowest BCUT2D eigenvalue weighted by atomic mass is 9.86. The molecule has 5 rings (SSSR count). The smallest absolute Gasteiger partial charge is 0.256 e. The number of aromatic nitrogens is 3. The van der Waals surface area contributed by atoms with Crippen molar-refractivity contribution in [3.63, 3.8) is 0 Å². The highest BCUT2D eigenvalue weighted by atomic mass is 32.2. The summed E-state index contributed by atoms with van der Waals surface area (Å²) in [6.07, 6.45) is 4.63. The second-order valence-electron chi connectivity index (χ2n) is 6.99. The van der Waals surface area contributed by atoms with E-state index in [2.05, 4.69) is 21.8 Å². The maximum absolute atomic E-state index is 12.9. The molecule has 2 aromatic rings. The Bertz CT molecular complexity index is 861. The van der Waals surface area contributed by atoms with Crippen molar-refractivity contribution in [1.29, 1.82) is 0 Å². The van der Waals surface area contributed by atoms with Crippen molar-refractivity contribution in [2.24, 2.45) is 0 Å². The highest BCUT2D eigenvalue weighted by Gasteiger charge is 2.48. The molecule has 0 N–H and O–H groups in total. The van der Waals surface area contributed by atoms with Gasteiger partial charge in [0.1, 0.15) is 5.82 Å². The van der Waals surface area contributed by atoms with Gasteiger partial charge >= 0.3 is 0 Å². The maximum atomic E-state index is 12.9. The molecule has 0 aromatic carbocycles. The molecule has 5 heterocycles. The zero-order chi connectivity index (χ0) is 19.1. The highest BCUT2D eigenvalue weighted by Crippen LogP contribution is 2.36. The first kappa shape index (κ1) is 18.0. The van der Waals surface area contributed by atoms with E-state index >= 15 is 0 Å². The predicted molar refractivity (Wildman–Crippen MR) is 105 cm³/mol. The number of carbonyl (C=O) groups is 1. The van der Waals surface area contributed by atoms with Crippen LogP contribution in [0.5, 0.6) is 5.88 Å². The number of ether oxygens (including phenoxy) is 1. The summed E-state index contributed by atoms with van der Waals surface area (Å²) in [5.41, 5.74) is 2.74. The van der Waals surface area contributed by atoms with Gasteiger partial charge < -0.3 is 14.5 Å². The number of aryl methyl sites for hydroxylation is 1. The largest absolute Gasteiger partial charge is 0.481 e. The molecule has 27 heavy (non-hydrogen) atoms. The number of rotatable bonds is 4. The second-order valence-corrected chi connectivity index (χ2v) is 7.77. The molecular weight excluding hydrogens is 362 g/mol. The van der Waals surface area contributed by atoms with Crippen LogP contribution in [0.2, 0.25) is 0 Å². The van der Waals surface area contributed by atoms with Crippen molar-refractivity contribution in [2.45, 2.75) is 37.5 Å². The molecule has 0 radical (unpaired) electrons. The molecule has 0 spiro atoms. The van der Waals surface area contributed by atoms with Crippen molar-refractivity contribution in [2.75, 3.05) is 31.4 Å². The molecule has 7 nitrogen and oxygen atoms in total. The average molecular weight is 385 g/mol. The van der Waals surface area contributed by atoms with E-state index in [0.717, 1.165) is 41.7 Å². The Balaban J connectivity index is 1.51. The number of methoxy groups -OCH3 is 1. The first-order chi connectivity index (χ1) is 13.0. The maximum Gasteiger partial charge on any atom is 0.256 e. The number of amides is 1. The zero-order valence-electron chi connectivity index (χ0n) is 16.0. The minimum Gasteiger partial charge on any atom is -0.481 e. The van der Waals surface area contributed by atoms with Crippen LogP contribution in [0.1, 0.15) is 28.0 Å². The van der Waals surface area contributed by atoms with Gasteiger partial charge in [-0.15, -0.1) is 0 Å². The van der Waals surface area contributed by atoms with Crippen molar-refractivity contribution in [3.8, 4) is 5.88 Å². The van der Waals surface area contributed by atoms with Gasteiger partial charge in [0.05, 0.1) is 24.8 Å². The first-order valence-corrected chi connectivity index (χ1v) is 10.2. The van der Waals surface area contributed by atoms with E-state index in [0.29, 0.717) is 11.4 Å². The summed E-state index contributed by atoms with van der Waals surface area (Å²) in [6, 6.07) is 3.94. The lowest BCUT2D eigenvalue weighted by molar-refractivity contribution is 0.00567. The Morgan fingerprint density at radius 3 is 2.56 bits per heavy atom. The van der Waals surface area contributed by atoms with Crippen LogP contribution in [0.3, 0.4) is 0 Å². The first-order valence-electron chi connectivity index (χ1n) is 8.98. The molecule has 3 aliphatic heterocycles. The molecule has 1 amide bonds. The monoisotopic (exact) mass is 385 g/mol. The Morgan fingerprint density at radius 1 is 1.22 bits per heavy atom. The minimum absolute atomic E-state index is 0.0476. The molecule has 2 bridgehead atoms. The number of thioether (sulfide) groups is 1. The number of hydrogen-bond donors (Lipinski definition) is 0. The number of carbonyl (C=O) groups excluding carboxylic acids is 1. The predicted octanol–water partition coefficient (Wildman–Crippen LogP) is 2.32. The van der Waals surface area contributed by atoms with Crippen LogP contribution in [0.15, 0.2) is 23.5 Å². The number of piperidine rings is 1. The van der Waals surface area contributed by atoms with Gasteiger partial charge in [-0.3, -0.25) is 4.79 Å². The van der Waals surface area contributed by atoms with Crippen LogP contribution >= 0.6 is 11.8 Å². The van der Waals surface area contributed by atoms with Crippen molar-refractivity contribution in [1.82, 2.24) is 19.9 Å². The summed E-state index contributed by atoms with van der Waals surface area (Å²) in [5, 5.41) is 0.796. The van der Waals surface area contributed by atoms with Gasteiger partial charge in [-0.05, 0) is 32.6 Å². The Kier molecular flexibility index (Phi) is 4.67. The van der Waals surface area contributed by atoms with Crippen molar-refractivity contribution >= 4 is 23.5 Å². The van der Waals surface area contributed by atoms with E-state index in [1.807, 2.05) is 18.1 Å². The molecule has 3 fully saturated rings. The molecule has 2 unspecified atom stereocenters. The topological polar surface area (TPSA) is 71.5 Å². The highest BCUT2D eigenvalue weighted by molar-refractivity contribution is 7.98. The zero-order valence-corrected chi connectivity index (χ0v) is 16.8. The van der Waals surface area contributed by atoms with Crippen molar-refractivity contribution < 1.29 is 9.53 Å². The molecule has 3 aliphatic rings. The van der Waals surface area contributed by atoms with E-state index in [-0.39, 0.29) is 18.0 Å². The lowest BCUT2D eigenvalue weighted by Gasteiger charge is -2.56. The molecule has 2 atom stereocenters. The second kappa shape index (κ2) is 6.99. The fraction of sp³-hybridized carbons (Fsp3) is 0.474. The van der Waals surface area contributed by atoms with Gasteiger partial charge in [0.15, 0.2) is 5.16 Å². The fourth-order valence-corrected chi connectivity index (χ4v) is 4.28. The van der Waals surface area contributed by atoms with Crippen LogP contribution in [0.25, 0.3) is 0 Å². The summed E-state index contributed by atoms with van der Waals surface area (Å²) < 4.78 is 5.07. The Morgan fingerprint density at radius 2 is 1.96 bits per heavy atom. The Hall–Kier alpha value is -2.35. The number of hydrogen-bond acceptors (Lipinski definition) is 7.